The standard InChI is InChI=1S/2C13H11ClO2S.Al.H2O/c2*1-8(13(15)16)10-7-17-12(14)11(10)9-5-3-2-4-6-9;;/h2*2-8H,1H3,(H,15,16);;1H2/q;;+3;/p-3. The second-order valence-corrected chi connectivity index (χ2v) is 11.5. The molecule has 5 nitrogen and oxygen atoms in total. The van der Waals surface area contributed by atoms with Gasteiger partial charge in [-0.05, 0) is 0 Å². The molecule has 0 aliphatic rings. The van der Waals surface area contributed by atoms with Gasteiger partial charge < -0.3 is 5.48 Å². The minimum Gasteiger partial charge on any atom is -0.870 e. The molecule has 0 aliphatic heterocycles. The van der Waals surface area contributed by atoms with Crippen LogP contribution in [0.1, 0.15) is 36.8 Å². The third-order valence-corrected chi connectivity index (χ3v) is 8.78. The molecule has 2 aromatic heterocycles. The van der Waals surface area contributed by atoms with Crippen molar-refractivity contribution in [2.24, 2.45) is 0 Å². The van der Waals surface area contributed by atoms with Gasteiger partial charge in [0.2, 0.25) is 0 Å². The summed E-state index contributed by atoms with van der Waals surface area (Å²) in [6.45, 7) is 3.52. The molecule has 0 aliphatic carbocycles. The topological polar surface area (TPSA) is 82.6 Å². The average Bonchev–Trinajstić information content (AvgIpc) is 3.46. The normalized spacial score (nSPS) is 12.1. The molecule has 4 aromatic rings. The molecule has 0 saturated carbocycles. The maximum Gasteiger partial charge on any atom is -0.870 e. The number of carbonyl (C=O) groups is 2. The molecule has 184 valence electrons. The Kier molecular flexibility index (Phi) is 10.2. The molecule has 0 amide bonds. The van der Waals surface area contributed by atoms with Crippen LogP contribution in [0.5, 0.6) is 0 Å². The van der Waals surface area contributed by atoms with Gasteiger partial charge >= 0.3 is 230 Å². The zero-order valence-corrected chi connectivity index (χ0v) is 23.6. The fourth-order valence-corrected chi connectivity index (χ4v) is 6.84. The van der Waals surface area contributed by atoms with Crippen LogP contribution >= 0.6 is 45.9 Å². The number of carbonyl (C=O) groups excluding carboxylic acids is 2. The molecule has 36 heavy (non-hydrogen) atoms. The summed E-state index contributed by atoms with van der Waals surface area (Å²) in [7, 11) is 0. The Bertz CT molecular complexity index is 1220. The van der Waals surface area contributed by atoms with E-state index in [0.29, 0.717) is 8.67 Å². The first-order valence-corrected chi connectivity index (χ1v) is 14.2. The molecule has 10 heteroatoms. The van der Waals surface area contributed by atoms with Gasteiger partial charge in [-0.2, -0.15) is 0 Å². The predicted molar refractivity (Wildman–Crippen MR) is 146 cm³/mol. The van der Waals surface area contributed by atoms with Crippen molar-refractivity contribution >= 4 is 73.7 Å². The number of thiophene rings is 2. The fourth-order valence-electron chi connectivity index (χ4n) is 3.68. The van der Waals surface area contributed by atoms with E-state index in [1.807, 2.05) is 71.4 Å². The Morgan fingerprint density at radius 1 is 0.722 bits per heavy atom. The van der Waals surface area contributed by atoms with E-state index in [1.165, 1.54) is 22.7 Å². The molecular formula is C26H21AlCl2O5S2. The number of rotatable bonds is 8. The molecule has 0 spiro atoms. The Morgan fingerprint density at radius 3 is 1.44 bits per heavy atom. The Balaban J connectivity index is 0.00000361. The second kappa shape index (κ2) is 12.9. The molecule has 2 atom stereocenters. The second-order valence-electron chi connectivity index (χ2n) is 7.82. The minimum atomic E-state index is -1.31. The van der Waals surface area contributed by atoms with Crippen LogP contribution in [0.2, 0.25) is 8.67 Å². The largest absolute Gasteiger partial charge is 0.870 e. The third-order valence-electron chi connectivity index (χ3n) is 5.64. The Hall–Kier alpha value is -2.15. The van der Waals surface area contributed by atoms with Crippen LogP contribution in [0.25, 0.3) is 22.3 Å². The van der Waals surface area contributed by atoms with Crippen LogP contribution < -0.4 is 0 Å². The summed E-state index contributed by atoms with van der Waals surface area (Å²) in [6.07, 6.45) is 0. The van der Waals surface area contributed by atoms with E-state index in [1.54, 1.807) is 13.8 Å². The van der Waals surface area contributed by atoms with Gasteiger partial charge in [-0.1, -0.05) is 0 Å². The average molecular weight is 575 g/mol. The van der Waals surface area contributed by atoms with Crippen LogP contribution in [-0.2, 0) is 17.2 Å². The number of hydrogen-bond acceptors (Lipinski definition) is 7. The first kappa shape index (κ1) is 28.4. The van der Waals surface area contributed by atoms with Crippen molar-refractivity contribution < 1.29 is 22.6 Å². The summed E-state index contributed by atoms with van der Waals surface area (Å²) in [5.74, 6) is -2.04. The zero-order valence-electron chi connectivity index (χ0n) is 19.3. The smallest absolute Gasteiger partial charge is 0.870 e. The van der Waals surface area contributed by atoms with E-state index in [4.69, 9.17) is 30.8 Å². The van der Waals surface area contributed by atoms with Gasteiger partial charge in [-0.25, -0.2) is 0 Å². The van der Waals surface area contributed by atoms with Crippen molar-refractivity contribution in [3.63, 3.8) is 0 Å². The maximum absolute atomic E-state index is 12.8. The van der Waals surface area contributed by atoms with E-state index >= 15 is 0 Å². The molecule has 1 N–H and O–H groups in total. The fraction of sp³-hybridized carbons (Fsp3) is 0.154. The SMILES string of the molecule is CC(C(=O)[O][Al+][O]C(=O)C(C)c1csc(Cl)c1-c1ccccc1)c1csc(Cl)c1-c1ccccc1.[OH-]. The van der Waals surface area contributed by atoms with Crippen LogP contribution in [0.3, 0.4) is 0 Å². The van der Waals surface area contributed by atoms with Crippen molar-refractivity contribution in [1.82, 2.24) is 0 Å². The predicted octanol–water partition coefficient (Wildman–Crippen LogP) is 7.80. The number of benzene rings is 2. The third kappa shape index (κ3) is 6.21. The van der Waals surface area contributed by atoms with Crippen LogP contribution in [0.15, 0.2) is 71.4 Å². The Morgan fingerprint density at radius 2 is 1.08 bits per heavy atom. The Labute approximate surface area is 234 Å². The van der Waals surface area contributed by atoms with Gasteiger partial charge in [0.15, 0.2) is 0 Å². The first-order chi connectivity index (χ1) is 16.9. The monoisotopic (exact) mass is 574 g/mol. The molecule has 0 radical (unpaired) electrons. The van der Waals surface area contributed by atoms with Crippen molar-refractivity contribution in [1.29, 1.82) is 0 Å². The molecule has 2 aromatic carbocycles. The summed E-state index contributed by atoms with van der Waals surface area (Å²) in [5.41, 5.74) is 5.09. The molecule has 0 fully saturated rings. The van der Waals surface area contributed by atoms with Gasteiger partial charge in [0.1, 0.15) is 0 Å². The molecule has 0 saturated heterocycles. The molecule has 4 rings (SSSR count). The summed E-state index contributed by atoms with van der Waals surface area (Å²) in [5, 5.41) is 3.73. The van der Waals surface area contributed by atoms with Crippen molar-refractivity contribution in [3.8, 4) is 22.3 Å². The molecule has 2 heterocycles. The van der Waals surface area contributed by atoms with E-state index < -0.39 is 39.7 Å². The zero-order chi connectivity index (χ0) is 24.9. The van der Waals surface area contributed by atoms with Crippen molar-refractivity contribution in [3.05, 3.63) is 91.2 Å². The molecule has 2 unspecified atom stereocenters. The van der Waals surface area contributed by atoms with Gasteiger partial charge in [0.25, 0.3) is 0 Å². The molecular weight excluding hydrogens is 554 g/mol. The van der Waals surface area contributed by atoms with E-state index in [9.17, 15) is 9.59 Å². The number of halogens is 2. The summed E-state index contributed by atoms with van der Waals surface area (Å²) in [6, 6.07) is 19.3. The van der Waals surface area contributed by atoms with Gasteiger partial charge in [0, 0.05) is 0 Å². The van der Waals surface area contributed by atoms with Crippen molar-refractivity contribution in [2.45, 2.75) is 25.7 Å². The first-order valence-electron chi connectivity index (χ1n) is 10.8. The van der Waals surface area contributed by atoms with Crippen LogP contribution in [-0.4, -0.2) is 33.3 Å². The summed E-state index contributed by atoms with van der Waals surface area (Å²) < 4.78 is 12.0. The minimum absolute atomic E-state index is 0. The van der Waals surface area contributed by atoms with Gasteiger partial charge in [-0.15, -0.1) is 0 Å². The molecule has 0 bridgehead atoms. The van der Waals surface area contributed by atoms with Gasteiger partial charge in [0.05, 0.1) is 0 Å². The van der Waals surface area contributed by atoms with E-state index in [0.717, 1.165) is 33.4 Å². The van der Waals surface area contributed by atoms with E-state index in [-0.39, 0.29) is 5.48 Å². The van der Waals surface area contributed by atoms with Crippen LogP contribution in [0.4, 0.5) is 0 Å². The van der Waals surface area contributed by atoms with Crippen molar-refractivity contribution in [2.75, 3.05) is 0 Å². The summed E-state index contributed by atoms with van der Waals surface area (Å²) >= 11 is 14.3. The van der Waals surface area contributed by atoms with Crippen LogP contribution in [0, 0.1) is 0 Å². The van der Waals surface area contributed by atoms with Gasteiger partial charge in [-0.3, -0.25) is 0 Å². The summed E-state index contributed by atoms with van der Waals surface area (Å²) in [4.78, 5) is 25.5. The number of hydrogen-bond donors (Lipinski definition) is 0. The maximum atomic E-state index is 12.8. The quantitative estimate of drug-likeness (QED) is 0.200. The van der Waals surface area contributed by atoms with E-state index in [2.05, 4.69) is 0 Å².